The highest BCUT2D eigenvalue weighted by molar-refractivity contribution is 7.86. The number of unbranched alkanes of at least 4 members (excludes halogenated alkanes) is 9. The third kappa shape index (κ3) is 21.5. The SMILES string of the molecule is CCCCCCCCCCCCOCCOCCOCCOCCOCCOS(=O)(=O)c1ccccc1. The molecule has 0 atom stereocenters. The van der Waals surface area contributed by atoms with Gasteiger partial charge in [0.2, 0.25) is 0 Å². The minimum absolute atomic E-state index is 0.0370. The highest BCUT2D eigenvalue weighted by atomic mass is 32.2. The molecule has 1 aromatic rings. The molecule has 0 saturated carbocycles. The van der Waals surface area contributed by atoms with E-state index in [-0.39, 0.29) is 18.1 Å². The standard InChI is InChI=1S/C28H50O8S/c1-2-3-4-5-6-7-8-9-10-14-17-31-18-19-32-20-21-33-22-23-34-24-25-35-26-27-36-37(29,30)28-15-12-11-13-16-28/h11-13,15-16H,2-10,14,17-27H2,1H3. The molecule has 0 aromatic heterocycles. The van der Waals surface area contributed by atoms with E-state index in [4.69, 9.17) is 27.9 Å². The summed E-state index contributed by atoms with van der Waals surface area (Å²) in [6, 6.07) is 8.03. The Morgan fingerprint density at radius 3 is 1.32 bits per heavy atom. The lowest BCUT2D eigenvalue weighted by Crippen LogP contribution is -2.15. The van der Waals surface area contributed by atoms with Crippen molar-refractivity contribution in [3.63, 3.8) is 0 Å². The summed E-state index contributed by atoms with van der Waals surface area (Å²) < 4.78 is 56.1. The van der Waals surface area contributed by atoms with Crippen LogP contribution in [-0.2, 0) is 38.0 Å². The van der Waals surface area contributed by atoms with Crippen molar-refractivity contribution < 1.29 is 36.3 Å². The van der Waals surface area contributed by atoms with Gasteiger partial charge in [-0.25, -0.2) is 0 Å². The third-order valence-electron chi connectivity index (χ3n) is 5.63. The fraction of sp³-hybridized carbons (Fsp3) is 0.786. The quantitative estimate of drug-likeness (QED) is 0.102. The van der Waals surface area contributed by atoms with Gasteiger partial charge in [-0.15, -0.1) is 0 Å². The molecule has 0 N–H and O–H groups in total. The Labute approximate surface area is 225 Å². The van der Waals surface area contributed by atoms with Crippen LogP contribution in [0.3, 0.4) is 0 Å². The average molecular weight is 547 g/mol. The van der Waals surface area contributed by atoms with E-state index in [1.54, 1.807) is 18.2 Å². The van der Waals surface area contributed by atoms with E-state index in [1.165, 1.54) is 69.9 Å². The molecule has 216 valence electrons. The second-order valence-corrected chi connectivity index (χ2v) is 10.4. The molecule has 0 saturated heterocycles. The summed E-state index contributed by atoms with van der Waals surface area (Å²) in [4.78, 5) is 0.136. The molecule has 0 aliphatic heterocycles. The van der Waals surface area contributed by atoms with E-state index in [2.05, 4.69) is 6.92 Å². The van der Waals surface area contributed by atoms with Crippen LogP contribution in [-0.4, -0.2) is 81.1 Å². The molecule has 0 aliphatic rings. The molecule has 0 amide bonds. The number of hydrogen-bond acceptors (Lipinski definition) is 8. The van der Waals surface area contributed by atoms with E-state index < -0.39 is 10.1 Å². The van der Waals surface area contributed by atoms with Gasteiger partial charge >= 0.3 is 0 Å². The minimum Gasteiger partial charge on any atom is -0.379 e. The Hall–Kier alpha value is -1.07. The molecule has 0 fully saturated rings. The molecule has 0 bridgehead atoms. The van der Waals surface area contributed by atoms with Crippen molar-refractivity contribution in [3.8, 4) is 0 Å². The Morgan fingerprint density at radius 2 is 0.865 bits per heavy atom. The molecule has 0 radical (unpaired) electrons. The van der Waals surface area contributed by atoms with Gasteiger partial charge in [-0.2, -0.15) is 8.42 Å². The van der Waals surface area contributed by atoms with Gasteiger partial charge in [0.05, 0.1) is 71.0 Å². The summed E-state index contributed by atoms with van der Waals surface area (Å²) in [6.07, 6.45) is 13.3. The summed E-state index contributed by atoms with van der Waals surface area (Å²) in [5, 5.41) is 0. The second kappa shape index (κ2) is 25.2. The lowest BCUT2D eigenvalue weighted by molar-refractivity contribution is -0.0127. The molecule has 0 spiro atoms. The first kappa shape index (κ1) is 34.0. The second-order valence-electron chi connectivity index (χ2n) is 8.83. The van der Waals surface area contributed by atoms with Crippen molar-refractivity contribution in [2.45, 2.75) is 76.0 Å². The maximum atomic E-state index is 11.9. The maximum absolute atomic E-state index is 11.9. The van der Waals surface area contributed by atoms with Crippen LogP contribution in [0.15, 0.2) is 35.2 Å². The summed E-state index contributed by atoms with van der Waals surface area (Å²) in [7, 11) is -3.73. The molecule has 1 aromatic carbocycles. The summed E-state index contributed by atoms with van der Waals surface area (Å²) in [5.41, 5.74) is 0. The first-order valence-electron chi connectivity index (χ1n) is 14.0. The van der Waals surface area contributed by atoms with Crippen molar-refractivity contribution in [2.24, 2.45) is 0 Å². The Balaban J connectivity index is 1.71. The van der Waals surface area contributed by atoms with Crippen LogP contribution in [0.4, 0.5) is 0 Å². The van der Waals surface area contributed by atoms with Gasteiger partial charge < -0.3 is 23.7 Å². The lowest BCUT2D eigenvalue weighted by Gasteiger charge is -2.08. The van der Waals surface area contributed by atoms with Crippen LogP contribution in [0.2, 0.25) is 0 Å². The van der Waals surface area contributed by atoms with Crippen molar-refractivity contribution in [2.75, 3.05) is 72.7 Å². The fourth-order valence-electron chi connectivity index (χ4n) is 3.53. The summed E-state index contributed by atoms with van der Waals surface area (Å²) in [5.74, 6) is 0. The zero-order chi connectivity index (χ0) is 26.7. The molecular formula is C28H50O8S. The van der Waals surface area contributed by atoms with Crippen molar-refractivity contribution in [1.82, 2.24) is 0 Å². The number of rotatable bonds is 28. The van der Waals surface area contributed by atoms with Crippen LogP contribution >= 0.6 is 0 Å². The molecule has 0 aliphatic carbocycles. The van der Waals surface area contributed by atoms with Gasteiger partial charge in [0.1, 0.15) is 0 Å². The summed E-state index contributed by atoms with van der Waals surface area (Å²) in [6.45, 7) is 7.20. The zero-order valence-corrected chi connectivity index (χ0v) is 23.7. The Morgan fingerprint density at radius 1 is 0.486 bits per heavy atom. The highest BCUT2D eigenvalue weighted by Gasteiger charge is 2.13. The van der Waals surface area contributed by atoms with E-state index in [0.29, 0.717) is 52.9 Å². The van der Waals surface area contributed by atoms with Crippen LogP contribution in [0, 0.1) is 0 Å². The Bertz CT molecular complexity index is 699. The van der Waals surface area contributed by atoms with E-state index in [9.17, 15) is 8.42 Å². The number of ether oxygens (including phenoxy) is 5. The monoisotopic (exact) mass is 546 g/mol. The van der Waals surface area contributed by atoms with Crippen LogP contribution in [0.25, 0.3) is 0 Å². The van der Waals surface area contributed by atoms with Gasteiger partial charge in [0, 0.05) is 6.61 Å². The number of benzene rings is 1. The van der Waals surface area contributed by atoms with Gasteiger partial charge in [0.25, 0.3) is 10.1 Å². The average Bonchev–Trinajstić information content (AvgIpc) is 2.91. The number of hydrogen-bond donors (Lipinski definition) is 0. The first-order chi connectivity index (χ1) is 18.2. The molecular weight excluding hydrogens is 496 g/mol. The van der Waals surface area contributed by atoms with Crippen LogP contribution in [0.1, 0.15) is 71.1 Å². The molecule has 1 rings (SSSR count). The predicted octanol–water partition coefficient (Wildman–Crippen LogP) is 5.40. The first-order valence-corrected chi connectivity index (χ1v) is 15.4. The molecule has 8 nitrogen and oxygen atoms in total. The van der Waals surface area contributed by atoms with Crippen LogP contribution in [0.5, 0.6) is 0 Å². The highest BCUT2D eigenvalue weighted by Crippen LogP contribution is 2.11. The van der Waals surface area contributed by atoms with Gasteiger partial charge in [-0.3, -0.25) is 4.18 Å². The fourth-order valence-corrected chi connectivity index (χ4v) is 4.45. The van der Waals surface area contributed by atoms with Gasteiger partial charge in [0.15, 0.2) is 0 Å². The topological polar surface area (TPSA) is 89.5 Å². The third-order valence-corrected chi connectivity index (χ3v) is 6.95. The zero-order valence-electron chi connectivity index (χ0n) is 22.9. The minimum atomic E-state index is -3.73. The lowest BCUT2D eigenvalue weighted by atomic mass is 10.1. The molecule has 9 heteroatoms. The Kier molecular flexibility index (Phi) is 23.1. The van der Waals surface area contributed by atoms with Gasteiger partial charge in [-0.05, 0) is 18.6 Å². The van der Waals surface area contributed by atoms with Gasteiger partial charge in [-0.1, -0.05) is 82.9 Å². The smallest absolute Gasteiger partial charge is 0.297 e. The summed E-state index contributed by atoms with van der Waals surface area (Å²) >= 11 is 0. The van der Waals surface area contributed by atoms with Crippen molar-refractivity contribution in [3.05, 3.63) is 30.3 Å². The predicted molar refractivity (Wildman–Crippen MR) is 146 cm³/mol. The van der Waals surface area contributed by atoms with E-state index in [0.717, 1.165) is 13.0 Å². The molecule has 0 heterocycles. The van der Waals surface area contributed by atoms with E-state index >= 15 is 0 Å². The van der Waals surface area contributed by atoms with Crippen LogP contribution < -0.4 is 0 Å². The van der Waals surface area contributed by atoms with Crippen molar-refractivity contribution >= 4 is 10.1 Å². The molecule has 0 unspecified atom stereocenters. The largest absolute Gasteiger partial charge is 0.379 e. The van der Waals surface area contributed by atoms with E-state index in [1.807, 2.05) is 0 Å². The maximum Gasteiger partial charge on any atom is 0.297 e. The normalized spacial score (nSPS) is 11.8. The van der Waals surface area contributed by atoms with Crippen molar-refractivity contribution in [1.29, 1.82) is 0 Å². The molecule has 37 heavy (non-hydrogen) atoms.